The van der Waals surface area contributed by atoms with Crippen molar-refractivity contribution in [1.29, 1.82) is 0 Å². The van der Waals surface area contributed by atoms with E-state index in [4.69, 9.17) is 18.5 Å². The van der Waals surface area contributed by atoms with Crippen LogP contribution in [-0.4, -0.2) is 74.9 Å². The molecule has 0 aliphatic heterocycles. The number of ether oxygens (including phenoxy) is 2. The van der Waals surface area contributed by atoms with Crippen LogP contribution in [0.15, 0.2) is 60.8 Å². The molecule has 2 atom stereocenters. The number of allylic oxidation sites excluding steroid dienone is 10. The minimum atomic E-state index is -4.40. The fourth-order valence-electron chi connectivity index (χ4n) is 9.53. The largest absolute Gasteiger partial charge is 0.472 e. The summed E-state index contributed by atoms with van der Waals surface area (Å²) in [5.74, 6) is -0.857. The predicted molar refractivity (Wildman–Crippen MR) is 335 cm³/mol. The molecule has 0 heterocycles. The standard InChI is InChI=1S/C68H126NO8P/c1-6-8-10-12-14-16-18-20-22-24-25-26-27-28-29-30-31-32-33-34-35-36-37-38-39-40-41-42-43-45-46-48-50-52-54-56-58-60-67(70)74-64-66(65-76-78(72,73)75-63-62-69(3,4)5)77-68(71)61-59-57-55-53-51-49-47-44-23-21-19-17-15-13-11-9-7-2/h9,11,15,17,21,23,47,49,53,55,66H,6-8,10,12-14,16,18-20,22,24-46,48,50-52,54,56-65H2,1-5H3/p+1/b11-9-,17-15-,23-21-,49-47-,55-53-. The summed E-state index contributed by atoms with van der Waals surface area (Å²) in [4.78, 5) is 35.7. The van der Waals surface area contributed by atoms with Crippen LogP contribution in [0.3, 0.4) is 0 Å². The molecule has 0 saturated carbocycles. The van der Waals surface area contributed by atoms with E-state index < -0.39 is 26.5 Å². The molecule has 0 bridgehead atoms. The lowest BCUT2D eigenvalue weighted by Gasteiger charge is -2.24. The van der Waals surface area contributed by atoms with Crippen LogP contribution in [0.1, 0.15) is 309 Å². The summed E-state index contributed by atoms with van der Waals surface area (Å²) in [7, 11) is 1.45. The van der Waals surface area contributed by atoms with E-state index in [1.165, 1.54) is 218 Å². The highest BCUT2D eigenvalue weighted by atomic mass is 31.2. The maximum Gasteiger partial charge on any atom is 0.472 e. The van der Waals surface area contributed by atoms with Crippen molar-refractivity contribution in [2.24, 2.45) is 0 Å². The van der Waals surface area contributed by atoms with E-state index in [2.05, 4.69) is 74.6 Å². The fraction of sp³-hybridized carbons (Fsp3) is 0.824. The molecule has 1 N–H and O–H groups in total. The first-order valence-corrected chi connectivity index (χ1v) is 34.5. The Morgan fingerprint density at radius 1 is 0.410 bits per heavy atom. The lowest BCUT2D eigenvalue weighted by atomic mass is 10.0. The maximum absolute atomic E-state index is 12.8. The van der Waals surface area contributed by atoms with Crippen LogP contribution in [0.4, 0.5) is 0 Å². The Morgan fingerprint density at radius 3 is 1.08 bits per heavy atom. The van der Waals surface area contributed by atoms with Crippen molar-refractivity contribution in [2.75, 3.05) is 47.5 Å². The number of carbonyl (C=O) groups is 2. The molecule has 456 valence electrons. The zero-order chi connectivity index (χ0) is 57.0. The third kappa shape index (κ3) is 62.9. The van der Waals surface area contributed by atoms with E-state index in [-0.39, 0.29) is 32.0 Å². The third-order valence-corrected chi connectivity index (χ3v) is 15.5. The molecule has 0 amide bonds. The number of nitrogens with zero attached hydrogens (tertiary/aromatic N) is 1. The second-order valence-corrected chi connectivity index (χ2v) is 24.9. The van der Waals surface area contributed by atoms with Crippen molar-refractivity contribution in [3.05, 3.63) is 60.8 Å². The minimum Gasteiger partial charge on any atom is -0.462 e. The van der Waals surface area contributed by atoms with Crippen molar-refractivity contribution < 1.29 is 42.1 Å². The lowest BCUT2D eigenvalue weighted by Crippen LogP contribution is -2.37. The van der Waals surface area contributed by atoms with Gasteiger partial charge >= 0.3 is 19.8 Å². The van der Waals surface area contributed by atoms with Crippen LogP contribution in [0.5, 0.6) is 0 Å². The first-order chi connectivity index (χ1) is 38.0. The smallest absolute Gasteiger partial charge is 0.462 e. The van der Waals surface area contributed by atoms with E-state index in [1.54, 1.807) is 0 Å². The molecule has 0 radical (unpaired) electrons. The zero-order valence-electron chi connectivity index (χ0n) is 51.9. The molecular weight excluding hydrogens is 990 g/mol. The normalized spacial score (nSPS) is 13.6. The summed E-state index contributed by atoms with van der Waals surface area (Å²) in [6.07, 6.45) is 77.9. The first kappa shape index (κ1) is 75.7. The number of phosphoric acid groups is 1. The fourth-order valence-corrected chi connectivity index (χ4v) is 10.3. The number of rotatable bonds is 61. The molecule has 0 spiro atoms. The van der Waals surface area contributed by atoms with Gasteiger partial charge in [-0.15, -0.1) is 0 Å². The molecule has 10 heteroatoms. The van der Waals surface area contributed by atoms with Gasteiger partial charge in [-0.05, 0) is 51.4 Å². The van der Waals surface area contributed by atoms with Crippen molar-refractivity contribution in [3.8, 4) is 0 Å². The van der Waals surface area contributed by atoms with Gasteiger partial charge in [0.2, 0.25) is 0 Å². The summed E-state index contributed by atoms with van der Waals surface area (Å²) < 4.78 is 34.5. The van der Waals surface area contributed by atoms with Crippen molar-refractivity contribution >= 4 is 19.8 Å². The minimum absolute atomic E-state index is 0.0201. The number of likely N-dealkylation sites (N-methyl/N-ethyl adjacent to an activating group) is 1. The summed E-state index contributed by atoms with van der Waals surface area (Å²) in [5, 5.41) is 0. The quantitative estimate of drug-likeness (QED) is 0.0211. The Morgan fingerprint density at radius 2 is 0.731 bits per heavy atom. The third-order valence-electron chi connectivity index (χ3n) is 14.6. The molecule has 0 fully saturated rings. The van der Waals surface area contributed by atoms with Gasteiger partial charge in [-0.25, -0.2) is 4.57 Å². The highest BCUT2D eigenvalue weighted by Crippen LogP contribution is 2.43. The number of phosphoric ester groups is 1. The SMILES string of the molecule is CC/C=C\C/C=C\C/C=C\C/C=C\C/C=C\CCCC(=O)OC(COC(=O)CCCCCCCCCCCCCCCCCCCCCCCCCCCCCCCCCCCCCCC)COP(=O)(O)OCC[N+](C)(C)C. The Bertz CT molecular complexity index is 1500. The van der Waals surface area contributed by atoms with Crippen LogP contribution in [0.25, 0.3) is 0 Å². The molecule has 0 aliphatic carbocycles. The molecular formula is C68H127NO8P+. The molecule has 78 heavy (non-hydrogen) atoms. The van der Waals surface area contributed by atoms with Gasteiger partial charge in [0.25, 0.3) is 0 Å². The topological polar surface area (TPSA) is 108 Å². The Kier molecular flexibility index (Phi) is 57.6. The number of esters is 2. The Balaban J connectivity index is 3.94. The Labute approximate surface area is 483 Å². The van der Waals surface area contributed by atoms with E-state index in [1.807, 2.05) is 21.1 Å². The van der Waals surface area contributed by atoms with Crippen molar-refractivity contribution in [3.63, 3.8) is 0 Å². The number of unbranched alkanes of at least 4 members (excludes halogenated alkanes) is 37. The van der Waals surface area contributed by atoms with Crippen LogP contribution < -0.4 is 0 Å². The molecule has 0 aromatic rings. The van der Waals surface area contributed by atoms with E-state index in [0.29, 0.717) is 23.9 Å². The summed E-state index contributed by atoms with van der Waals surface area (Å²) >= 11 is 0. The number of carbonyl (C=O) groups excluding carboxylic acids is 2. The molecule has 0 saturated heterocycles. The van der Waals surface area contributed by atoms with E-state index in [9.17, 15) is 19.0 Å². The molecule has 2 unspecified atom stereocenters. The maximum atomic E-state index is 12.8. The number of hydrogen-bond acceptors (Lipinski definition) is 7. The zero-order valence-corrected chi connectivity index (χ0v) is 52.8. The van der Waals surface area contributed by atoms with Crippen LogP contribution in [-0.2, 0) is 32.7 Å². The molecule has 9 nitrogen and oxygen atoms in total. The molecule has 0 aliphatic rings. The second kappa shape index (κ2) is 59.3. The predicted octanol–water partition coefficient (Wildman–Crippen LogP) is 21.0. The van der Waals surface area contributed by atoms with Gasteiger partial charge in [0, 0.05) is 12.8 Å². The van der Waals surface area contributed by atoms with E-state index >= 15 is 0 Å². The van der Waals surface area contributed by atoms with Crippen LogP contribution >= 0.6 is 7.82 Å². The van der Waals surface area contributed by atoms with Gasteiger partial charge < -0.3 is 18.9 Å². The summed E-state index contributed by atoms with van der Waals surface area (Å²) in [6.45, 7) is 4.29. The Hall–Kier alpha value is -2.29. The van der Waals surface area contributed by atoms with Crippen molar-refractivity contribution in [1.82, 2.24) is 0 Å². The van der Waals surface area contributed by atoms with Gasteiger partial charge in [-0.3, -0.25) is 18.6 Å². The molecule has 0 rings (SSSR count). The van der Waals surface area contributed by atoms with Gasteiger partial charge in [-0.1, -0.05) is 306 Å². The average Bonchev–Trinajstić information content (AvgIpc) is 3.40. The highest BCUT2D eigenvalue weighted by molar-refractivity contribution is 7.47. The second-order valence-electron chi connectivity index (χ2n) is 23.5. The first-order valence-electron chi connectivity index (χ1n) is 33.0. The van der Waals surface area contributed by atoms with Crippen LogP contribution in [0.2, 0.25) is 0 Å². The molecule has 0 aromatic heterocycles. The average molecular weight is 1120 g/mol. The summed E-state index contributed by atoms with van der Waals surface area (Å²) in [5.41, 5.74) is 0. The van der Waals surface area contributed by atoms with E-state index in [0.717, 1.165) is 51.4 Å². The summed E-state index contributed by atoms with van der Waals surface area (Å²) in [6, 6.07) is 0. The van der Waals surface area contributed by atoms with Gasteiger partial charge in [0.15, 0.2) is 6.10 Å². The monoisotopic (exact) mass is 1120 g/mol. The number of hydrogen-bond donors (Lipinski definition) is 1. The van der Waals surface area contributed by atoms with Gasteiger partial charge in [-0.2, -0.15) is 0 Å². The van der Waals surface area contributed by atoms with Crippen molar-refractivity contribution in [2.45, 2.75) is 315 Å². The molecule has 0 aromatic carbocycles. The van der Waals surface area contributed by atoms with Crippen LogP contribution in [0, 0.1) is 0 Å². The lowest BCUT2D eigenvalue weighted by molar-refractivity contribution is -0.870. The number of quaternary nitrogens is 1. The highest BCUT2D eigenvalue weighted by Gasteiger charge is 2.27. The van der Waals surface area contributed by atoms with Gasteiger partial charge in [0.05, 0.1) is 27.7 Å². The van der Waals surface area contributed by atoms with Gasteiger partial charge in [0.1, 0.15) is 19.8 Å².